The molecule has 0 radical (unpaired) electrons. The Labute approximate surface area is 218 Å². The fourth-order valence-corrected chi connectivity index (χ4v) is 6.95. The van der Waals surface area contributed by atoms with Crippen LogP contribution in [0.4, 0.5) is 8.78 Å². The van der Waals surface area contributed by atoms with Crippen molar-refractivity contribution >= 4 is 0 Å². The van der Waals surface area contributed by atoms with Gasteiger partial charge in [-0.3, -0.25) is 0 Å². The zero-order valence-electron chi connectivity index (χ0n) is 22.6. The van der Waals surface area contributed by atoms with Gasteiger partial charge in [0.15, 0.2) is 0 Å². The lowest BCUT2D eigenvalue weighted by molar-refractivity contribution is 0.113. The van der Waals surface area contributed by atoms with Crippen molar-refractivity contribution in [2.24, 2.45) is 17.8 Å². The molecular formula is C34H46F2. The van der Waals surface area contributed by atoms with Crippen LogP contribution in [-0.2, 0) is 6.42 Å². The Morgan fingerprint density at radius 2 is 1.53 bits per heavy atom. The molecule has 0 heterocycles. The maximum absolute atomic E-state index is 15.2. The highest BCUT2D eigenvalue weighted by Crippen LogP contribution is 2.49. The van der Waals surface area contributed by atoms with Crippen LogP contribution in [0.3, 0.4) is 0 Å². The zero-order valence-corrected chi connectivity index (χ0v) is 22.6. The van der Waals surface area contributed by atoms with E-state index in [4.69, 9.17) is 0 Å². The molecule has 2 fully saturated rings. The van der Waals surface area contributed by atoms with Crippen LogP contribution in [0.5, 0.6) is 0 Å². The van der Waals surface area contributed by atoms with E-state index in [9.17, 15) is 0 Å². The third kappa shape index (κ3) is 7.08. The van der Waals surface area contributed by atoms with Gasteiger partial charge in [0.05, 0.1) is 5.56 Å². The van der Waals surface area contributed by atoms with Gasteiger partial charge in [-0.05, 0) is 104 Å². The molecule has 0 spiro atoms. The average molecular weight is 493 g/mol. The maximum Gasteiger partial charge on any atom is 0.134 e. The lowest BCUT2D eigenvalue weighted by atomic mass is 9.63. The van der Waals surface area contributed by atoms with Crippen LogP contribution >= 0.6 is 0 Å². The van der Waals surface area contributed by atoms with Gasteiger partial charge in [-0.25, -0.2) is 8.78 Å². The van der Waals surface area contributed by atoms with Gasteiger partial charge in [-0.2, -0.15) is 0 Å². The number of unbranched alkanes of at least 4 members (excludes halogenated alkanes) is 4. The first-order valence-electron chi connectivity index (χ1n) is 14.8. The van der Waals surface area contributed by atoms with Gasteiger partial charge in [0, 0.05) is 0 Å². The number of hydrogen-bond acceptors (Lipinski definition) is 0. The van der Waals surface area contributed by atoms with Gasteiger partial charge in [-0.1, -0.05) is 88.3 Å². The topological polar surface area (TPSA) is 0 Å². The molecule has 36 heavy (non-hydrogen) atoms. The first kappa shape index (κ1) is 27.1. The molecule has 0 bridgehead atoms. The minimum Gasteiger partial charge on any atom is -0.206 e. The molecule has 2 saturated carbocycles. The van der Waals surface area contributed by atoms with Crippen molar-refractivity contribution in [3.8, 4) is 11.1 Å². The third-order valence-electron chi connectivity index (χ3n) is 9.05. The van der Waals surface area contributed by atoms with Crippen molar-refractivity contribution in [1.82, 2.24) is 0 Å². The number of rotatable bonds is 11. The van der Waals surface area contributed by atoms with Gasteiger partial charge in [0.25, 0.3) is 0 Å². The first-order valence-corrected chi connectivity index (χ1v) is 14.8. The van der Waals surface area contributed by atoms with Gasteiger partial charge in [0.1, 0.15) is 11.6 Å². The summed E-state index contributed by atoms with van der Waals surface area (Å²) in [4.78, 5) is 0. The minimum atomic E-state index is -0.416. The Kier molecular flexibility index (Phi) is 10.2. The highest BCUT2D eigenvalue weighted by atomic mass is 19.1. The summed E-state index contributed by atoms with van der Waals surface area (Å²) in [6.07, 6.45) is 21.9. The average Bonchev–Trinajstić information content (AvgIpc) is 2.89. The van der Waals surface area contributed by atoms with Gasteiger partial charge in [0.2, 0.25) is 0 Å². The van der Waals surface area contributed by atoms with E-state index in [1.807, 2.05) is 31.2 Å². The molecule has 0 amide bonds. The number of aryl methyl sites for hydroxylation is 1. The van der Waals surface area contributed by atoms with Crippen LogP contribution < -0.4 is 0 Å². The SMILES string of the molecule is C/C=C/CCc1ccc(-c2c(F)cc([C@@H]3CC[C@@H]4CC(CCCCCCC)CC[C@@H]4C3)cc2F)cc1. The molecule has 4 atom stereocenters. The van der Waals surface area contributed by atoms with E-state index in [1.165, 1.54) is 69.8 Å². The minimum absolute atomic E-state index is 0.117. The highest BCUT2D eigenvalue weighted by molar-refractivity contribution is 5.65. The summed E-state index contributed by atoms with van der Waals surface area (Å²) in [6.45, 7) is 4.30. The quantitative estimate of drug-likeness (QED) is 0.216. The summed E-state index contributed by atoms with van der Waals surface area (Å²) in [5, 5.41) is 0. The van der Waals surface area contributed by atoms with Crippen LogP contribution in [0.1, 0.15) is 114 Å². The molecule has 0 aromatic heterocycles. The zero-order chi connectivity index (χ0) is 25.3. The monoisotopic (exact) mass is 492 g/mol. The van der Waals surface area contributed by atoms with Crippen LogP contribution in [0.25, 0.3) is 11.1 Å². The third-order valence-corrected chi connectivity index (χ3v) is 9.05. The normalized spacial score (nSPS) is 24.2. The van der Waals surface area contributed by atoms with Crippen LogP contribution in [0.2, 0.25) is 0 Å². The molecule has 2 aromatic carbocycles. The van der Waals surface area contributed by atoms with E-state index in [-0.39, 0.29) is 5.56 Å². The highest BCUT2D eigenvalue weighted by Gasteiger charge is 2.36. The van der Waals surface area contributed by atoms with Crippen LogP contribution in [-0.4, -0.2) is 0 Å². The molecule has 0 nitrogen and oxygen atoms in total. The Hall–Kier alpha value is -1.96. The molecule has 2 aliphatic rings. The van der Waals surface area contributed by atoms with Crippen molar-refractivity contribution in [2.45, 2.75) is 110 Å². The predicted octanol–water partition coefficient (Wildman–Crippen LogP) is 10.8. The summed E-state index contributed by atoms with van der Waals surface area (Å²) in [5.41, 5.74) is 2.81. The standard InChI is InChI=1S/C34H46F2/c1-3-5-7-8-10-12-26-15-18-29-22-30(20-19-28(29)21-26)31-23-32(35)34(33(36)24-31)27-16-13-25(14-17-27)11-9-6-4-2/h4,6,13-14,16-17,23-24,26,28-30H,3,5,7-12,15,18-22H2,1-2H3/b6-4+/t26?,28-,29-,30-/m1/s1. The van der Waals surface area contributed by atoms with E-state index in [1.54, 1.807) is 12.1 Å². The van der Waals surface area contributed by atoms with Crippen molar-refractivity contribution in [3.63, 3.8) is 0 Å². The van der Waals surface area contributed by atoms with E-state index in [0.717, 1.165) is 49.0 Å². The van der Waals surface area contributed by atoms with E-state index in [0.29, 0.717) is 11.5 Å². The van der Waals surface area contributed by atoms with Crippen molar-refractivity contribution in [3.05, 3.63) is 71.3 Å². The summed E-state index contributed by atoms with van der Waals surface area (Å²) < 4.78 is 30.5. The Morgan fingerprint density at radius 1 is 0.833 bits per heavy atom. The van der Waals surface area contributed by atoms with Crippen LogP contribution in [0.15, 0.2) is 48.6 Å². The molecule has 2 aliphatic carbocycles. The van der Waals surface area contributed by atoms with Gasteiger partial charge < -0.3 is 0 Å². The van der Waals surface area contributed by atoms with Crippen molar-refractivity contribution in [2.75, 3.05) is 0 Å². The van der Waals surface area contributed by atoms with Gasteiger partial charge >= 0.3 is 0 Å². The Bertz CT molecular complexity index is 950. The van der Waals surface area contributed by atoms with Gasteiger partial charge in [-0.15, -0.1) is 0 Å². The molecular weight excluding hydrogens is 446 g/mol. The summed E-state index contributed by atoms with van der Waals surface area (Å²) in [5.74, 6) is 1.94. The Morgan fingerprint density at radius 3 is 2.25 bits per heavy atom. The van der Waals surface area contributed by atoms with E-state index < -0.39 is 11.6 Å². The second-order valence-corrected chi connectivity index (χ2v) is 11.6. The number of halogens is 2. The number of allylic oxidation sites excluding steroid dienone is 2. The molecule has 4 rings (SSSR count). The van der Waals surface area contributed by atoms with E-state index >= 15 is 8.78 Å². The second kappa shape index (κ2) is 13.5. The van der Waals surface area contributed by atoms with Crippen molar-refractivity contribution in [1.29, 1.82) is 0 Å². The smallest absolute Gasteiger partial charge is 0.134 e. The largest absolute Gasteiger partial charge is 0.206 e. The molecule has 2 aromatic rings. The molecule has 2 heteroatoms. The van der Waals surface area contributed by atoms with Crippen LogP contribution in [0, 0.1) is 29.4 Å². The fourth-order valence-electron chi connectivity index (χ4n) is 6.95. The second-order valence-electron chi connectivity index (χ2n) is 11.6. The fraction of sp³-hybridized carbons (Fsp3) is 0.588. The summed E-state index contributed by atoms with van der Waals surface area (Å²) in [6, 6.07) is 11.0. The molecule has 0 saturated heterocycles. The molecule has 1 unspecified atom stereocenters. The Balaban J connectivity index is 1.34. The predicted molar refractivity (Wildman–Crippen MR) is 149 cm³/mol. The lowest BCUT2D eigenvalue weighted by Crippen LogP contribution is -2.30. The van der Waals surface area contributed by atoms with Crippen molar-refractivity contribution < 1.29 is 8.78 Å². The number of benzene rings is 2. The summed E-state index contributed by atoms with van der Waals surface area (Å²) in [7, 11) is 0. The number of fused-ring (bicyclic) bond motifs is 1. The lowest BCUT2D eigenvalue weighted by Gasteiger charge is -2.42. The van der Waals surface area contributed by atoms with E-state index in [2.05, 4.69) is 19.1 Å². The molecule has 0 N–H and O–H groups in total. The number of hydrogen-bond donors (Lipinski definition) is 0. The maximum atomic E-state index is 15.2. The summed E-state index contributed by atoms with van der Waals surface area (Å²) >= 11 is 0. The molecule has 0 aliphatic heterocycles. The first-order chi connectivity index (χ1) is 17.6. The molecule has 196 valence electrons.